The summed E-state index contributed by atoms with van der Waals surface area (Å²) in [5.74, 6) is 0. The second-order valence-corrected chi connectivity index (χ2v) is 8.97. The lowest BCUT2D eigenvalue weighted by atomic mass is 10.1. The normalized spacial score (nSPS) is 11.7. The Labute approximate surface area is 153 Å². The van der Waals surface area contributed by atoms with Crippen LogP contribution in [-0.4, -0.2) is 10.5 Å². The quantitative estimate of drug-likeness (QED) is 0.224. The van der Waals surface area contributed by atoms with E-state index >= 15 is 0 Å². The van der Waals surface area contributed by atoms with E-state index in [1.807, 2.05) is 0 Å². The summed E-state index contributed by atoms with van der Waals surface area (Å²) >= 11 is 2.39. The molecule has 0 bridgehead atoms. The van der Waals surface area contributed by atoms with Gasteiger partial charge in [0.2, 0.25) is 0 Å². The first-order chi connectivity index (χ1) is 11.3. The van der Waals surface area contributed by atoms with Crippen LogP contribution >= 0.6 is 11.8 Å². The van der Waals surface area contributed by atoms with Crippen molar-refractivity contribution in [1.29, 1.82) is 0 Å². The maximum absolute atomic E-state index is 2.39. The highest BCUT2D eigenvalue weighted by atomic mass is 32.2. The number of unbranched alkanes of at least 4 members (excludes halogenated alkanes) is 8. The second kappa shape index (κ2) is 18.7. The van der Waals surface area contributed by atoms with Gasteiger partial charge in [-0.05, 0) is 25.7 Å². The topological polar surface area (TPSA) is 0 Å². The lowest BCUT2D eigenvalue weighted by Gasteiger charge is -2.24. The molecule has 0 amide bonds. The monoisotopic (exact) mass is 342 g/mol. The molecular formula is C22H46S. The fourth-order valence-electron chi connectivity index (χ4n) is 3.32. The van der Waals surface area contributed by atoms with E-state index < -0.39 is 0 Å². The molecule has 0 radical (unpaired) electrons. The van der Waals surface area contributed by atoms with Crippen LogP contribution in [0.2, 0.25) is 0 Å². The Balaban J connectivity index is 4.31. The summed E-state index contributed by atoms with van der Waals surface area (Å²) in [4.78, 5) is 0. The van der Waals surface area contributed by atoms with Gasteiger partial charge in [0.15, 0.2) is 0 Å². The van der Waals surface area contributed by atoms with Gasteiger partial charge < -0.3 is 0 Å². The van der Waals surface area contributed by atoms with Gasteiger partial charge in [-0.25, -0.2) is 0 Å². The summed E-state index contributed by atoms with van der Waals surface area (Å²) in [5.41, 5.74) is 0. The largest absolute Gasteiger partial charge is 0.155 e. The first-order valence-corrected chi connectivity index (χ1v) is 11.9. The second-order valence-electron chi connectivity index (χ2n) is 7.36. The van der Waals surface area contributed by atoms with E-state index in [-0.39, 0.29) is 0 Å². The van der Waals surface area contributed by atoms with Gasteiger partial charge in [-0.15, -0.1) is 0 Å². The third kappa shape index (κ3) is 15.6. The SMILES string of the molecule is CCCCCC(CCCCC)SC(CCCCC)CCCCC. The van der Waals surface area contributed by atoms with E-state index in [0.29, 0.717) is 0 Å². The third-order valence-electron chi connectivity index (χ3n) is 4.90. The molecule has 0 unspecified atom stereocenters. The Morgan fingerprint density at radius 2 is 0.696 bits per heavy atom. The minimum absolute atomic E-state index is 0.946. The molecule has 0 aliphatic carbocycles. The molecule has 0 N–H and O–H groups in total. The highest BCUT2D eigenvalue weighted by Gasteiger charge is 2.16. The van der Waals surface area contributed by atoms with Gasteiger partial charge >= 0.3 is 0 Å². The Morgan fingerprint density at radius 3 is 0.913 bits per heavy atom. The molecule has 1 heteroatoms. The van der Waals surface area contributed by atoms with Crippen LogP contribution in [0.3, 0.4) is 0 Å². The third-order valence-corrected chi connectivity index (χ3v) is 6.62. The molecule has 0 fully saturated rings. The van der Waals surface area contributed by atoms with Crippen LogP contribution in [0.5, 0.6) is 0 Å². The zero-order valence-electron chi connectivity index (χ0n) is 16.9. The molecule has 0 aromatic heterocycles. The van der Waals surface area contributed by atoms with Gasteiger partial charge in [0, 0.05) is 10.5 Å². The number of hydrogen-bond donors (Lipinski definition) is 0. The zero-order chi connectivity index (χ0) is 17.2. The number of hydrogen-bond acceptors (Lipinski definition) is 1. The first kappa shape index (κ1) is 23.4. The Morgan fingerprint density at radius 1 is 0.435 bits per heavy atom. The van der Waals surface area contributed by atoms with Crippen LogP contribution in [0, 0.1) is 0 Å². The molecule has 0 aromatic rings. The first-order valence-electron chi connectivity index (χ1n) is 10.9. The summed E-state index contributed by atoms with van der Waals surface area (Å²) in [7, 11) is 0. The van der Waals surface area contributed by atoms with Crippen LogP contribution in [0.1, 0.15) is 130 Å². The van der Waals surface area contributed by atoms with E-state index in [9.17, 15) is 0 Å². The molecular weight excluding hydrogens is 296 g/mol. The van der Waals surface area contributed by atoms with Gasteiger partial charge in [0.25, 0.3) is 0 Å². The molecule has 0 nitrogen and oxygen atoms in total. The summed E-state index contributed by atoms with van der Waals surface area (Å²) in [6.07, 6.45) is 22.9. The van der Waals surface area contributed by atoms with E-state index in [4.69, 9.17) is 0 Å². The van der Waals surface area contributed by atoms with Crippen molar-refractivity contribution in [2.75, 3.05) is 0 Å². The van der Waals surface area contributed by atoms with Crippen LogP contribution in [-0.2, 0) is 0 Å². The Hall–Kier alpha value is 0.350. The van der Waals surface area contributed by atoms with Crippen LogP contribution in [0.15, 0.2) is 0 Å². The summed E-state index contributed by atoms with van der Waals surface area (Å²) in [6, 6.07) is 0. The Kier molecular flexibility index (Phi) is 19.0. The van der Waals surface area contributed by atoms with Gasteiger partial charge in [0.1, 0.15) is 0 Å². The standard InChI is InChI=1S/C22H46S/c1-5-9-13-17-21(18-14-10-6-2)23-22(19-15-11-7-3)20-16-12-8-4/h21-22H,5-20H2,1-4H3. The van der Waals surface area contributed by atoms with Gasteiger partial charge in [-0.2, -0.15) is 11.8 Å². The predicted molar refractivity (Wildman–Crippen MR) is 112 cm³/mol. The fraction of sp³-hybridized carbons (Fsp3) is 1.00. The molecule has 0 aliphatic heterocycles. The molecule has 0 heterocycles. The van der Waals surface area contributed by atoms with E-state index in [2.05, 4.69) is 39.5 Å². The van der Waals surface area contributed by atoms with Crippen molar-refractivity contribution in [2.24, 2.45) is 0 Å². The predicted octanol–water partition coefficient (Wildman–Crippen LogP) is 8.78. The number of thioether (sulfide) groups is 1. The maximum Gasteiger partial charge on any atom is 0.00498 e. The van der Waals surface area contributed by atoms with E-state index in [1.165, 1.54) is 103 Å². The van der Waals surface area contributed by atoms with Crippen molar-refractivity contribution in [3.63, 3.8) is 0 Å². The van der Waals surface area contributed by atoms with Gasteiger partial charge in [-0.1, -0.05) is 105 Å². The lowest BCUT2D eigenvalue weighted by molar-refractivity contribution is 0.562. The van der Waals surface area contributed by atoms with Crippen molar-refractivity contribution in [2.45, 2.75) is 141 Å². The van der Waals surface area contributed by atoms with Crippen LogP contribution < -0.4 is 0 Å². The summed E-state index contributed by atoms with van der Waals surface area (Å²) < 4.78 is 0. The molecule has 0 saturated heterocycles. The van der Waals surface area contributed by atoms with Crippen LogP contribution in [0.25, 0.3) is 0 Å². The highest BCUT2D eigenvalue weighted by Crippen LogP contribution is 2.32. The van der Waals surface area contributed by atoms with Gasteiger partial charge in [0.05, 0.1) is 0 Å². The van der Waals surface area contributed by atoms with Crippen molar-refractivity contribution < 1.29 is 0 Å². The van der Waals surface area contributed by atoms with Crippen molar-refractivity contribution in [3.8, 4) is 0 Å². The van der Waals surface area contributed by atoms with Crippen molar-refractivity contribution in [3.05, 3.63) is 0 Å². The highest BCUT2D eigenvalue weighted by molar-refractivity contribution is 8.00. The summed E-state index contributed by atoms with van der Waals surface area (Å²) in [5, 5.41) is 1.89. The lowest BCUT2D eigenvalue weighted by Crippen LogP contribution is -2.12. The summed E-state index contributed by atoms with van der Waals surface area (Å²) in [6.45, 7) is 9.32. The average Bonchev–Trinajstić information content (AvgIpc) is 2.55. The van der Waals surface area contributed by atoms with Crippen LogP contribution in [0.4, 0.5) is 0 Å². The molecule has 0 spiro atoms. The molecule has 0 atom stereocenters. The molecule has 0 aromatic carbocycles. The average molecular weight is 343 g/mol. The molecule has 0 rings (SSSR count). The molecule has 0 aliphatic rings. The van der Waals surface area contributed by atoms with Crippen molar-refractivity contribution in [1.82, 2.24) is 0 Å². The smallest absolute Gasteiger partial charge is 0.00498 e. The molecule has 0 saturated carbocycles. The van der Waals surface area contributed by atoms with Crippen molar-refractivity contribution >= 4 is 11.8 Å². The minimum atomic E-state index is 0.946. The van der Waals surface area contributed by atoms with E-state index in [1.54, 1.807) is 0 Å². The minimum Gasteiger partial charge on any atom is -0.155 e. The van der Waals surface area contributed by atoms with E-state index in [0.717, 1.165) is 10.5 Å². The zero-order valence-corrected chi connectivity index (χ0v) is 17.7. The fourth-order valence-corrected chi connectivity index (χ4v) is 5.08. The Bertz CT molecular complexity index is 172. The maximum atomic E-state index is 2.39. The number of rotatable bonds is 18. The molecule has 140 valence electrons. The molecule has 23 heavy (non-hydrogen) atoms. The van der Waals surface area contributed by atoms with Gasteiger partial charge in [-0.3, -0.25) is 0 Å².